The third-order valence-corrected chi connectivity index (χ3v) is 19.9. The Morgan fingerprint density at radius 1 is 0.217 bits per heavy atom. The molecule has 0 saturated heterocycles. The molecule has 0 atom stereocenters. The van der Waals surface area contributed by atoms with E-state index in [0.29, 0.717) is 106 Å². The van der Waals surface area contributed by atoms with Gasteiger partial charge in [0.25, 0.3) is 0 Å². The van der Waals surface area contributed by atoms with Crippen LogP contribution in [0.1, 0.15) is 121 Å². The summed E-state index contributed by atoms with van der Waals surface area (Å²) < 4.78 is 19.0. The molecule has 26 nitrogen and oxygen atoms in total. The largest absolute Gasteiger partial charge is 2.00 e. The van der Waals surface area contributed by atoms with Gasteiger partial charge in [0.2, 0.25) is 0 Å². The summed E-state index contributed by atoms with van der Waals surface area (Å²) in [6.07, 6.45) is 1.22. The van der Waals surface area contributed by atoms with Gasteiger partial charge in [0.1, 0.15) is 0 Å². The molecule has 2 radical (unpaired) electrons. The Balaban J connectivity index is 0.000000299. The Bertz CT molecular complexity index is 6430. The summed E-state index contributed by atoms with van der Waals surface area (Å²) in [4.78, 5) is 95.5. The number of carboxylic acids is 4. The zero-order valence-corrected chi connectivity index (χ0v) is 80.1. The average molecular weight is 2020 g/mol. The molecule has 4 amide bonds. The van der Waals surface area contributed by atoms with Crippen molar-refractivity contribution in [3.63, 3.8) is 0 Å². The van der Waals surface area contributed by atoms with E-state index in [0.717, 1.165) is 86.2 Å². The van der Waals surface area contributed by atoms with E-state index >= 15 is 0 Å². The number of hydrogen-bond donors (Lipinski definition) is 4. The SMILES string of the molecule is CCC#N.CCC#N.CCC#N.CCC#N.CCC#N.CCC#N.COC(=O)Nc1ccc2ccccc2c1-c1c(C(=O)[O-])ccc2ccccc12.COC(=O)Nc1ccc2ccccc2c1-c1c(C(=O)[O-])ccc2ccccc12.COC(=O)Nc1ccc2ccccc2c1-c1c(C(=O)[O-])ccc2ccccc12.COC(=O)Nc1ccc2ccccc2c1-c1c(C(=O)[O-])ccc2ccccc12.[Rh+2].[Rh+2]. The van der Waals surface area contributed by atoms with Crippen LogP contribution in [0.4, 0.5) is 41.9 Å². The molecule has 16 rings (SSSR count). The number of benzene rings is 16. The van der Waals surface area contributed by atoms with Crippen LogP contribution in [0.25, 0.3) is 131 Å². The molecule has 28 heteroatoms. The second-order valence-corrected chi connectivity index (χ2v) is 28.4. The van der Waals surface area contributed by atoms with Crippen LogP contribution in [0.5, 0.6) is 0 Å². The molecule has 0 fully saturated rings. The number of ether oxygens (including phenoxy) is 4. The number of nitriles is 6. The Labute approximate surface area is 824 Å². The predicted octanol–water partition coefficient (Wildman–Crippen LogP) is 22.3. The average Bonchev–Trinajstić information content (AvgIpc) is 0.764. The van der Waals surface area contributed by atoms with Gasteiger partial charge < -0.3 is 58.6 Å². The summed E-state index contributed by atoms with van der Waals surface area (Å²) in [5.41, 5.74) is 6.53. The maximum atomic E-state index is 11.9. The molecule has 0 aliphatic carbocycles. The maximum absolute atomic E-state index is 11.9. The first-order chi connectivity index (χ1) is 65.9. The fourth-order valence-electron chi connectivity index (χ4n) is 14.1. The molecule has 138 heavy (non-hydrogen) atoms. The van der Waals surface area contributed by atoms with Gasteiger partial charge in [-0.2, -0.15) is 31.6 Å². The molecule has 0 aliphatic rings. The van der Waals surface area contributed by atoms with Gasteiger partial charge in [-0.1, -0.05) is 308 Å². The minimum atomic E-state index is -1.28. The Morgan fingerprint density at radius 2 is 0.341 bits per heavy atom. The van der Waals surface area contributed by atoms with Crippen molar-refractivity contribution in [2.75, 3.05) is 49.7 Å². The second kappa shape index (κ2) is 57.9. The number of fused-ring (bicyclic) bond motifs is 8. The van der Waals surface area contributed by atoms with Crippen molar-refractivity contribution in [3.05, 3.63) is 313 Å². The number of rotatable bonds is 12. The smallest absolute Gasteiger partial charge is 0.545 e. The fourth-order valence-corrected chi connectivity index (χ4v) is 14.1. The number of amides is 4. The van der Waals surface area contributed by atoms with E-state index in [1.807, 2.05) is 296 Å². The van der Waals surface area contributed by atoms with Crippen molar-refractivity contribution in [2.45, 2.75) is 80.1 Å². The molecule has 4 N–H and O–H groups in total. The number of carboxylic acid groups (broad SMARTS) is 4. The molecular formula is C110H94N10O16Rh2. The van der Waals surface area contributed by atoms with Crippen LogP contribution >= 0.6 is 0 Å². The van der Waals surface area contributed by atoms with Crippen molar-refractivity contribution >= 4 is 157 Å². The van der Waals surface area contributed by atoms with E-state index in [2.05, 4.69) is 21.3 Å². The van der Waals surface area contributed by atoms with Crippen LogP contribution in [0.3, 0.4) is 0 Å². The van der Waals surface area contributed by atoms with Crippen LogP contribution in [0.15, 0.2) is 291 Å². The van der Waals surface area contributed by atoms with Crippen molar-refractivity contribution in [1.82, 2.24) is 0 Å². The van der Waals surface area contributed by atoms with Crippen molar-refractivity contribution in [3.8, 4) is 80.9 Å². The molecule has 0 saturated carbocycles. The third kappa shape index (κ3) is 29.4. The molecule has 0 bridgehead atoms. The molecule has 698 valence electrons. The number of carbonyl (C=O) groups is 8. The number of aromatic carboxylic acids is 4. The third-order valence-electron chi connectivity index (χ3n) is 19.9. The quantitative estimate of drug-likeness (QED) is 0.0652. The van der Waals surface area contributed by atoms with Crippen molar-refractivity contribution in [2.24, 2.45) is 0 Å². The summed E-state index contributed by atoms with van der Waals surface area (Å²) in [5.74, 6) is -5.12. The normalized spacial score (nSPS) is 9.59. The summed E-state index contributed by atoms with van der Waals surface area (Å²) in [6, 6.07) is 99.7. The van der Waals surface area contributed by atoms with Crippen LogP contribution < -0.4 is 41.7 Å². The number of carbonyl (C=O) groups excluding carboxylic acids is 8. The Hall–Kier alpha value is -17.3. The van der Waals surface area contributed by atoms with Crippen LogP contribution in [-0.2, 0) is 57.9 Å². The van der Waals surface area contributed by atoms with E-state index in [-0.39, 0.29) is 61.2 Å². The van der Waals surface area contributed by atoms with E-state index < -0.39 is 48.3 Å². The van der Waals surface area contributed by atoms with Gasteiger partial charge in [-0.3, -0.25) is 21.3 Å². The van der Waals surface area contributed by atoms with Gasteiger partial charge >= 0.3 is 63.3 Å². The van der Waals surface area contributed by atoms with Crippen molar-refractivity contribution in [1.29, 1.82) is 31.6 Å². The predicted molar refractivity (Wildman–Crippen MR) is 524 cm³/mol. The molecule has 0 aromatic heterocycles. The second-order valence-electron chi connectivity index (χ2n) is 28.4. The number of hydrogen-bond acceptors (Lipinski definition) is 22. The summed E-state index contributed by atoms with van der Waals surface area (Å²) in [7, 11) is 5.11. The monoisotopic (exact) mass is 2020 g/mol. The number of nitrogens with one attached hydrogen (secondary N) is 4. The van der Waals surface area contributed by atoms with Crippen LogP contribution in [0, 0.1) is 68.0 Å². The first-order valence-corrected chi connectivity index (χ1v) is 42.5. The Morgan fingerprint density at radius 3 is 0.464 bits per heavy atom. The minimum absolute atomic E-state index is 0. The van der Waals surface area contributed by atoms with Gasteiger partial charge in [-0.05, 0) is 110 Å². The van der Waals surface area contributed by atoms with Gasteiger partial charge in [0.15, 0.2) is 0 Å². The zero-order chi connectivity index (χ0) is 99.2. The van der Waals surface area contributed by atoms with E-state index in [1.54, 1.807) is 48.5 Å². The minimum Gasteiger partial charge on any atom is -0.545 e. The summed E-state index contributed by atoms with van der Waals surface area (Å²) in [5, 5.41) is 118. The van der Waals surface area contributed by atoms with Gasteiger partial charge in [-0.25, -0.2) is 19.2 Å². The first-order valence-electron chi connectivity index (χ1n) is 42.5. The van der Waals surface area contributed by atoms with Gasteiger partial charge in [0, 0.05) is 105 Å². The fraction of sp³-hybridized carbons (Fsp3) is 0.145. The molecule has 0 heterocycles. The molecule has 0 aliphatic heterocycles. The molecular weight excluding hydrogens is 1920 g/mol. The van der Waals surface area contributed by atoms with E-state index in [4.69, 9.17) is 50.5 Å². The maximum Gasteiger partial charge on any atom is 2.00 e. The number of methoxy groups -OCH3 is 4. The molecule has 16 aromatic rings. The first kappa shape index (κ1) is 111. The molecule has 0 unspecified atom stereocenters. The number of anilines is 4. The van der Waals surface area contributed by atoms with Crippen LogP contribution in [-0.4, -0.2) is 76.7 Å². The van der Waals surface area contributed by atoms with Crippen LogP contribution in [0.2, 0.25) is 0 Å². The Kier molecular flexibility index (Phi) is 46.7. The van der Waals surface area contributed by atoms with E-state index in [1.165, 1.54) is 52.7 Å². The van der Waals surface area contributed by atoms with Gasteiger partial charge in [-0.15, -0.1) is 0 Å². The summed E-state index contributed by atoms with van der Waals surface area (Å²) in [6.45, 7) is 10.9. The van der Waals surface area contributed by atoms with Gasteiger partial charge in [0.05, 0.1) is 111 Å². The standard InChI is InChI=1S/4C23H17NO4.6C3H5N.2Rh/c4*1-28-23(27)24-19-13-11-15-7-3-5-9-17(15)21(19)20-16-8-4-2-6-14(16)10-12-18(20)22(25)26;6*1-2-3-4;;/h4*2-13H,1H3,(H,24,27)(H,25,26);6*2H2,1H3;;/q;;;;;;;;;;2*+2/p-4. The van der Waals surface area contributed by atoms with E-state index in [9.17, 15) is 58.8 Å². The molecule has 0 spiro atoms. The number of nitrogens with zero attached hydrogens (tertiary/aromatic N) is 6. The summed E-state index contributed by atoms with van der Waals surface area (Å²) >= 11 is 0. The topological polar surface area (TPSA) is 457 Å². The zero-order valence-electron chi connectivity index (χ0n) is 76.8. The molecule has 16 aromatic carbocycles. The van der Waals surface area contributed by atoms with Crippen molar-refractivity contribution < 1.29 is 117 Å².